The number of aromatic nitrogens is 1. The Bertz CT molecular complexity index is 1320. The van der Waals surface area contributed by atoms with Gasteiger partial charge in [0.2, 0.25) is 0 Å². The maximum atomic E-state index is 13.5. The molecular weight excluding hydrogens is 425 g/mol. The molecule has 0 bridgehead atoms. The predicted molar refractivity (Wildman–Crippen MR) is 125 cm³/mol. The molecule has 9 heteroatoms. The van der Waals surface area contributed by atoms with Crippen molar-refractivity contribution in [3.8, 4) is 11.1 Å². The molecule has 2 aromatic carbocycles. The highest BCUT2D eigenvalue weighted by atomic mass is 19.1. The average Bonchev–Trinajstić information content (AvgIpc) is 3.21. The van der Waals surface area contributed by atoms with Crippen LogP contribution in [0, 0.1) is 12.7 Å². The van der Waals surface area contributed by atoms with E-state index in [9.17, 15) is 18.8 Å². The second kappa shape index (κ2) is 8.78. The van der Waals surface area contributed by atoms with E-state index in [4.69, 9.17) is 0 Å². The third kappa shape index (κ3) is 4.43. The predicted octanol–water partition coefficient (Wildman–Crippen LogP) is 3.80. The van der Waals surface area contributed by atoms with Crippen LogP contribution in [0.5, 0.6) is 0 Å². The van der Waals surface area contributed by atoms with Crippen LogP contribution in [0.4, 0.5) is 25.4 Å². The third-order valence-corrected chi connectivity index (χ3v) is 5.72. The van der Waals surface area contributed by atoms with Gasteiger partial charge in [-0.3, -0.25) is 4.79 Å². The van der Waals surface area contributed by atoms with Gasteiger partial charge in [0, 0.05) is 44.6 Å². The zero-order valence-electron chi connectivity index (χ0n) is 18.5. The number of pyridine rings is 1. The number of benzene rings is 2. The highest BCUT2D eigenvalue weighted by Gasteiger charge is 2.24. The standard InChI is InChI=1S/C24H24FN5O3/c1-14-19(17-10-21(27-23(32)26-2)22(31)29(3)11-17)5-4-6-20(14)28-24(33)30-12-15-7-8-18(25)9-16(15)13-30/h4-11H,12-13H2,1-3H3,(H,28,33)(H2,26,27,32). The van der Waals surface area contributed by atoms with Crippen LogP contribution in [-0.2, 0) is 20.1 Å². The van der Waals surface area contributed by atoms with E-state index in [0.717, 1.165) is 22.3 Å². The number of hydrogen-bond donors (Lipinski definition) is 3. The number of aryl methyl sites for hydroxylation is 1. The molecule has 0 radical (unpaired) electrons. The molecule has 3 N–H and O–H groups in total. The van der Waals surface area contributed by atoms with Gasteiger partial charge in [-0.05, 0) is 53.4 Å². The van der Waals surface area contributed by atoms with Gasteiger partial charge in [-0.25, -0.2) is 14.0 Å². The van der Waals surface area contributed by atoms with Crippen molar-refractivity contribution in [1.82, 2.24) is 14.8 Å². The Hall–Kier alpha value is -4.14. The lowest BCUT2D eigenvalue weighted by atomic mass is 10.00. The summed E-state index contributed by atoms with van der Waals surface area (Å²) in [6.07, 6.45) is 1.68. The monoisotopic (exact) mass is 449 g/mol. The minimum Gasteiger partial charge on any atom is -0.341 e. The first-order valence-corrected chi connectivity index (χ1v) is 10.4. The summed E-state index contributed by atoms with van der Waals surface area (Å²) < 4.78 is 14.9. The number of carbonyl (C=O) groups excluding carboxylic acids is 2. The van der Waals surface area contributed by atoms with E-state index in [1.807, 2.05) is 19.1 Å². The van der Waals surface area contributed by atoms with E-state index in [1.54, 1.807) is 36.3 Å². The molecule has 3 aromatic rings. The number of rotatable bonds is 3. The summed E-state index contributed by atoms with van der Waals surface area (Å²) in [4.78, 5) is 38.6. The molecule has 8 nitrogen and oxygen atoms in total. The molecule has 0 aliphatic carbocycles. The molecule has 1 aliphatic heterocycles. The van der Waals surface area contributed by atoms with Gasteiger partial charge in [-0.1, -0.05) is 18.2 Å². The van der Waals surface area contributed by atoms with Crippen molar-refractivity contribution in [2.24, 2.45) is 7.05 Å². The Kier molecular flexibility index (Phi) is 5.87. The number of nitrogens with one attached hydrogen (secondary N) is 3. The molecule has 4 rings (SSSR count). The van der Waals surface area contributed by atoms with Crippen LogP contribution in [0.2, 0.25) is 0 Å². The number of nitrogens with zero attached hydrogens (tertiary/aromatic N) is 2. The topological polar surface area (TPSA) is 95.5 Å². The molecule has 0 atom stereocenters. The Labute approximate surface area is 190 Å². The zero-order chi connectivity index (χ0) is 23.7. The van der Waals surface area contributed by atoms with Gasteiger partial charge >= 0.3 is 12.1 Å². The van der Waals surface area contributed by atoms with Crippen LogP contribution >= 0.6 is 0 Å². The van der Waals surface area contributed by atoms with E-state index in [2.05, 4.69) is 16.0 Å². The normalized spacial score (nSPS) is 12.3. The molecule has 0 fully saturated rings. The average molecular weight is 449 g/mol. The molecule has 33 heavy (non-hydrogen) atoms. The van der Waals surface area contributed by atoms with E-state index in [1.165, 1.54) is 23.7 Å². The van der Waals surface area contributed by atoms with E-state index in [0.29, 0.717) is 24.3 Å². The van der Waals surface area contributed by atoms with Gasteiger partial charge < -0.3 is 25.4 Å². The second-order valence-corrected chi connectivity index (χ2v) is 7.94. The molecular formula is C24H24FN5O3. The van der Waals surface area contributed by atoms with Crippen LogP contribution in [0.25, 0.3) is 11.1 Å². The summed E-state index contributed by atoms with van der Waals surface area (Å²) in [5, 5.41) is 7.91. The highest BCUT2D eigenvalue weighted by molar-refractivity contribution is 5.93. The minimum atomic E-state index is -0.492. The van der Waals surface area contributed by atoms with Gasteiger partial charge in [0.1, 0.15) is 11.5 Å². The van der Waals surface area contributed by atoms with Gasteiger partial charge in [0.25, 0.3) is 5.56 Å². The summed E-state index contributed by atoms with van der Waals surface area (Å²) in [5.74, 6) is -0.318. The highest BCUT2D eigenvalue weighted by Crippen LogP contribution is 2.30. The van der Waals surface area contributed by atoms with E-state index < -0.39 is 6.03 Å². The van der Waals surface area contributed by atoms with Crippen molar-refractivity contribution in [1.29, 1.82) is 0 Å². The lowest BCUT2D eigenvalue weighted by molar-refractivity contribution is 0.212. The SMILES string of the molecule is CNC(=O)Nc1cc(-c2cccc(NC(=O)N3Cc4ccc(F)cc4C3)c2C)cn(C)c1=O. The smallest absolute Gasteiger partial charge is 0.322 e. The van der Waals surface area contributed by atoms with E-state index in [-0.39, 0.29) is 23.1 Å². The molecule has 0 spiro atoms. The first kappa shape index (κ1) is 22.1. The largest absolute Gasteiger partial charge is 0.341 e. The second-order valence-electron chi connectivity index (χ2n) is 7.94. The van der Waals surface area contributed by atoms with Crippen molar-refractivity contribution in [3.63, 3.8) is 0 Å². The van der Waals surface area contributed by atoms with Gasteiger partial charge in [0.15, 0.2) is 0 Å². The van der Waals surface area contributed by atoms with Gasteiger partial charge in [-0.2, -0.15) is 0 Å². The Morgan fingerprint density at radius 2 is 1.76 bits per heavy atom. The van der Waals surface area contributed by atoms with Crippen LogP contribution in [0.1, 0.15) is 16.7 Å². The quantitative estimate of drug-likeness (QED) is 0.568. The first-order valence-electron chi connectivity index (χ1n) is 10.4. The molecule has 0 saturated carbocycles. The van der Waals surface area contributed by atoms with Crippen LogP contribution in [-0.4, -0.2) is 28.6 Å². The number of urea groups is 2. The van der Waals surface area contributed by atoms with Crippen LogP contribution < -0.4 is 21.5 Å². The minimum absolute atomic E-state index is 0.144. The number of carbonyl (C=O) groups is 2. The van der Waals surface area contributed by atoms with E-state index >= 15 is 0 Å². The van der Waals surface area contributed by atoms with Crippen molar-refractivity contribution in [3.05, 3.63) is 81.5 Å². The van der Waals surface area contributed by atoms with Crippen LogP contribution in [0.3, 0.4) is 0 Å². The summed E-state index contributed by atoms with van der Waals surface area (Å²) in [6, 6.07) is 10.9. The maximum absolute atomic E-state index is 13.5. The van der Waals surface area contributed by atoms with Gasteiger partial charge in [0.05, 0.1) is 0 Å². The number of hydrogen-bond acceptors (Lipinski definition) is 3. The zero-order valence-corrected chi connectivity index (χ0v) is 18.5. The molecule has 170 valence electrons. The van der Waals surface area contributed by atoms with Crippen LogP contribution in [0.15, 0.2) is 53.5 Å². The molecule has 1 aromatic heterocycles. The molecule has 0 unspecified atom stereocenters. The molecule has 0 saturated heterocycles. The fourth-order valence-electron chi connectivity index (χ4n) is 3.92. The lowest BCUT2D eigenvalue weighted by Crippen LogP contribution is -2.30. The first-order chi connectivity index (χ1) is 15.8. The number of halogens is 1. The Morgan fingerprint density at radius 3 is 2.52 bits per heavy atom. The van der Waals surface area contributed by atoms with Gasteiger partial charge in [-0.15, -0.1) is 0 Å². The molecule has 1 aliphatic rings. The Morgan fingerprint density at radius 1 is 1.00 bits per heavy atom. The van der Waals surface area contributed by atoms with Crippen molar-refractivity contribution in [2.75, 3.05) is 17.7 Å². The molecule has 4 amide bonds. The maximum Gasteiger partial charge on any atom is 0.322 e. The third-order valence-electron chi connectivity index (χ3n) is 5.72. The number of anilines is 2. The fraction of sp³-hybridized carbons (Fsp3) is 0.208. The fourth-order valence-corrected chi connectivity index (χ4v) is 3.92. The van der Waals surface area contributed by atoms with Crippen molar-refractivity contribution < 1.29 is 14.0 Å². The summed E-state index contributed by atoms with van der Waals surface area (Å²) in [5.41, 5.74) is 4.47. The summed E-state index contributed by atoms with van der Waals surface area (Å²) in [6.45, 7) is 2.62. The number of fused-ring (bicyclic) bond motifs is 1. The van der Waals surface area contributed by atoms with Crippen molar-refractivity contribution >= 4 is 23.4 Å². The summed E-state index contributed by atoms with van der Waals surface area (Å²) in [7, 11) is 3.07. The van der Waals surface area contributed by atoms with Crippen molar-refractivity contribution in [2.45, 2.75) is 20.0 Å². The molecule has 2 heterocycles. The summed E-state index contributed by atoms with van der Waals surface area (Å²) >= 11 is 0. The number of amides is 4. The lowest BCUT2D eigenvalue weighted by Gasteiger charge is -2.19. The Balaban J connectivity index is 1.59.